The Balaban J connectivity index is 1.38. The summed E-state index contributed by atoms with van der Waals surface area (Å²) in [6, 6.07) is 15.7. The van der Waals surface area contributed by atoms with Gasteiger partial charge in [0.1, 0.15) is 6.04 Å². The van der Waals surface area contributed by atoms with E-state index in [-0.39, 0.29) is 11.9 Å². The number of hydrogen-bond donors (Lipinski definition) is 2. The molecule has 0 saturated carbocycles. The van der Waals surface area contributed by atoms with E-state index in [1.165, 1.54) is 22.7 Å². The molecule has 1 aromatic heterocycles. The van der Waals surface area contributed by atoms with Crippen molar-refractivity contribution in [3.63, 3.8) is 0 Å². The standard InChI is InChI=1S/C24H25N7O2/c1-14-12-17(15(2)31(14)19-11-7-9-16-8-5-6-10-18(16)19)13-25-28-23-26-20-21(27-23)29(3)24(33)30(4)22(20)32/h5-13,20-21H,1-4H3,(H2,26,27,28)/b25-13-/t20-,21+/m0/s1. The number of likely N-dealkylation sites (N-methyl/N-ethyl adjacent to an activating group) is 2. The van der Waals surface area contributed by atoms with E-state index in [4.69, 9.17) is 0 Å². The first-order chi connectivity index (χ1) is 15.9. The highest BCUT2D eigenvalue weighted by Crippen LogP contribution is 2.27. The maximum atomic E-state index is 12.4. The van der Waals surface area contributed by atoms with Crippen LogP contribution in [0.4, 0.5) is 4.79 Å². The van der Waals surface area contributed by atoms with Crippen molar-refractivity contribution in [2.24, 2.45) is 10.1 Å². The first kappa shape index (κ1) is 20.7. The van der Waals surface area contributed by atoms with Gasteiger partial charge in [0.25, 0.3) is 5.91 Å². The van der Waals surface area contributed by atoms with Gasteiger partial charge in [-0.15, -0.1) is 0 Å². The molecule has 0 bridgehead atoms. The van der Waals surface area contributed by atoms with Gasteiger partial charge in [0.15, 0.2) is 6.17 Å². The molecular weight excluding hydrogens is 418 g/mol. The molecule has 9 nitrogen and oxygen atoms in total. The second-order valence-electron chi connectivity index (χ2n) is 8.33. The molecule has 0 spiro atoms. The lowest BCUT2D eigenvalue weighted by Gasteiger charge is -2.36. The van der Waals surface area contributed by atoms with Gasteiger partial charge in [0, 0.05) is 36.4 Å². The van der Waals surface area contributed by atoms with Crippen LogP contribution in [0.1, 0.15) is 17.0 Å². The first-order valence-electron chi connectivity index (χ1n) is 10.7. The number of benzene rings is 2. The van der Waals surface area contributed by atoms with Crippen LogP contribution in [0.3, 0.4) is 0 Å². The summed E-state index contributed by atoms with van der Waals surface area (Å²) < 4.78 is 2.22. The summed E-state index contributed by atoms with van der Waals surface area (Å²) in [5, 5.41) is 9.73. The largest absolute Gasteiger partial charge is 0.340 e. The Kier molecular flexibility index (Phi) is 4.88. The number of aromatic nitrogens is 1. The number of nitrogens with one attached hydrogen (secondary N) is 2. The number of aliphatic imine (C=N–C) groups is 1. The second kappa shape index (κ2) is 7.77. The molecule has 2 aliphatic rings. The molecule has 0 radical (unpaired) electrons. The number of guanidine groups is 1. The van der Waals surface area contributed by atoms with Gasteiger partial charge in [-0.3, -0.25) is 9.69 Å². The quantitative estimate of drug-likeness (QED) is 0.480. The SMILES string of the molecule is Cc1cc(/C=N\NC2=N[C@H]3[C@H](N2)C(=O)N(C)C(=O)N3C)c(C)n1-c1cccc2ccccc12. The molecule has 2 aromatic carbocycles. The van der Waals surface area contributed by atoms with Crippen molar-refractivity contribution in [3.8, 4) is 5.69 Å². The molecular formula is C24H25N7O2. The van der Waals surface area contributed by atoms with Gasteiger partial charge < -0.3 is 14.8 Å². The van der Waals surface area contributed by atoms with E-state index in [1.54, 1.807) is 13.3 Å². The summed E-state index contributed by atoms with van der Waals surface area (Å²) in [6.07, 6.45) is 1.15. The number of nitrogens with zero attached hydrogens (tertiary/aromatic N) is 5. The van der Waals surface area contributed by atoms with Crippen molar-refractivity contribution < 1.29 is 9.59 Å². The van der Waals surface area contributed by atoms with Crippen LogP contribution in [0.2, 0.25) is 0 Å². The summed E-state index contributed by atoms with van der Waals surface area (Å²) in [7, 11) is 3.09. The summed E-state index contributed by atoms with van der Waals surface area (Å²) in [5.74, 6) is 0.0404. The minimum absolute atomic E-state index is 0.314. The Morgan fingerprint density at radius 3 is 2.67 bits per heavy atom. The van der Waals surface area contributed by atoms with Crippen LogP contribution >= 0.6 is 0 Å². The maximum absolute atomic E-state index is 12.4. The van der Waals surface area contributed by atoms with Gasteiger partial charge in [-0.25, -0.2) is 15.2 Å². The topological polar surface area (TPSA) is 94.3 Å². The number of fused-ring (bicyclic) bond motifs is 2. The molecule has 168 valence electrons. The molecule has 2 N–H and O–H groups in total. The maximum Gasteiger partial charge on any atom is 0.328 e. The van der Waals surface area contributed by atoms with E-state index in [2.05, 4.69) is 75.6 Å². The zero-order valence-electron chi connectivity index (χ0n) is 18.9. The number of imide groups is 1. The second-order valence-corrected chi connectivity index (χ2v) is 8.33. The molecule has 9 heteroatoms. The average molecular weight is 444 g/mol. The molecule has 1 fully saturated rings. The van der Waals surface area contributed by atoms with E-state index >= 15 is 0 Å². The molecule has 3 heterocycles. The lowest BCUT2D eigenvalue weighted by atomic mass is 10.1. The summed E-state index contributed by atoms with van der Waals surface area (Å²) in [5.41, 5.74) is 7.12. The third-order valence-corrected chi connectivity index (χ3v) is 6.29. The number of aryl methyl sites for hydroxylation is 1. The Morgan fingerprint density at radius 2 is 1.85 bits per heavy atom. The smallest absolute Gasteiger partial charge is 0.328 e. The summed E-state index contributed by atoms with van der Waals surface area (Å²) >= 11 is 0. The number of urea groups is 1. The lowest BCUT2D eigenvalue weighted by molar-refractivity contribution is -0.133. The summed E-state index contributed by atoms with van der Waals surface area (Å²) in [4.78, 5) is 31.5. The van der Waals surface area contributed by atoms with E-state index < -0.39 is 12.2 Å². The highest BCUT2D eigenvalue weighted by atomic mass is 16.2. The van der Waals surface area contributed by atoms with Gasteiger partial charge in [0.2, 0.25) is 5.96 Å². The predicted molar refractivity (Wildman–Crippen MR) is 128 cm³/mol. The number of amides is 3. The van der Waals surface area contributed by atoms with Gasteiger partial charge >= 0.3 is 6.03 Å². The zero-order valence-corrected chi connectivity index (χ0v) is 18.9. The third kappa shape index (κ3) is 3.32. The van der Waals surface area contributed by atoms with Crippen molar-refractivity contribution in [2.45, 2.75) is 26.1 Å². The van der Waals surface area contributed by atoms with Crippen LogP contribution in [0, 0.1) is 13.8 Å². The van der Waals surface area contributed by atoms with Crippen molar-refractivity contribution in [1.29, 1.82) is 0 Å². The molecule has 0 unspecified atom stereocenters. The normalized spacial score (nSPS) is 20.4. The third-order valence-electron chi connectivity index (χ3n) is 6.29. The molecule has 33 heavy (non-hydrogen) atoms. The number of hydrogen-bond acceptors (Lipinski definition) is 6. The number of carbonyl (C=O) groups excluding carboxylic acids is 2. The van der Waals surface area contributed by atoms with Crippen molar-refractivity contribution in [1.82, 2.24) is 25.1 Å². The minimum Gasteiger partial charge on any atom is -0.340 e. The van der Waals surface area contributed by atoms with Gasteiger partial charge in [0.05, 0.1) is 11.9 Å². The van der Waals surface area contributed by atoms with E-state index in [1.807, 2.05) is 12.1 Å². The van der Waals surface area contributed by atoms with Crippen molar-refractivity contribution >= 4 is 34.9 Å². The lowest BCUT2D eigenvalue weighted by Crippen LogP contribution is -2.63. The Hall–Kier alpha value is -4.14. The Labute approximate surface area is 191 Å². The number of carbonyl (C=O) groups is 2. The van der Waals surface area contributed by atoms with Crippen molar-refractivity contribution in [3.05, 3.63) is 65.5 Å². The van der Waals surface area contributed by atoms with Crippen molar-refractivity contribution in [2.75, 3.05) is 14.1 Å². The molecule has 3 aromatic rings. The molecule has 2 aliphatic heterocycles. The predicted octanol–water partition coefficient (Wildman–Crippen LogP) is 2.35. The van der Waals surface area contributed by atoms with E-state index in [0.717, 1.165) is 27.5 Å². The van der Waals surface area contributed by atoms with Crippen LogP contribution in [0.15, 0.2) is 58.6 Å². The van der Waals surface area contributed by atoms with E-state index in [9.17, 15) is 9.59 Å². The molecule has 3 amide bonds. The Morgan fingerprint density at radius 1 is 1.09 bits per heavy atom. The number of hydrazone groups is 1. The van der Waals surface area contributed by atoms with Crippen LogP contribution in [-0.2, 0) is 4.79 Å². The van der Waals surface area contributed by atoms with Gasteiger partial charge in [-0.05, 0) is 31.4 Å². The van der Waals surface area contributed by atoms with Crippen LogP contribution in [-0.4, -0.2) is 64.8 Å². The molecule has 5 rings (SSSR count). The fraction of sp³-hybridized carbons (Fsp3) is 0.250. The van der Waals surface area contributed by atoms with Crippen LogP contribution in [0.5, 0.6) is 0 Å². The van der Waals surface area contributed by atoms with Crippen LogP contribution < -0.4 is 10.7 Å². The highest BCUT2D eigenvalue weighted by molar-refractivity contribution is 6.03. The molecule has 0 aliphatic carbocycles. The van der Waals surface area contributed by atoms with Crippen LogP contribution in [0.25, 0.3) is 16.5 Å². The zero-order chi connectivity index (χ0) is 23.3. The van der Waals surface area contributed by atoms with Gasteiger partial charge in [-0.2, -0.15) is 5.10 Å². The monoisotopic (exact) mass is 443 g/mol. The first-order valence-corrected chi connectivity index (χ1v) is 10.7. The minimum atomic E-state index is -0.619. The fourth-order valence-electron chi connectivity index (χ4n) is 4.53. The van der Waals surface area contributed by atoms with Gasteiger partial charge in [-0.1, -0.05) is 36.4 Å². The molecule has 2 atom stereocenters. The highest BCUT2D eigenvalue weighted by Gasteiger charge is 2.46. The van der Waals surface area contributed by atoms with E-state index in [0.29, 0.717) is 5.96 Å². The average Bonchev–Trinajstić information content (AvgIpc) is 3.37. The number of rotatable bonds is 3. The molecule has 1 saturated heterocycles. The Bertz CT molecular complexity index is 1330. The fourth-order valence-corrected chi connectivity index (χ4v) is 4.53. The summed E-state index contributed by atoms with van der Waals surface area (Å²) in [6.45, 7) is 4.13.